The number of phosphoric ester groups is 1. The zero-order chi connectivity index (χ0) is 41.9. The van der Waals surface area contributed by atoms with Gasteiger partial charge in [0.25, 0.3) is 7.82 Å². The summed E-state index contributed by atoms with van der Waals surface area (Å²) in [5, 5.41) is 0. The fourth-order valence-corrected chi connectivity index (χ4v) is 6.36. The number of carbonyl (C=O) groups is 2. The van der Waals surface area contributed by atoms with Crippen molar-refractivity contribution in [2.45, 2.75) is 161 Å². The summed E-state index contributed by atoms with van der Waals surface area (Å²) in [6.07, 6.45) is 43.9. The predicted octanol–water partition coefficient (Wildman–Crippen LogP) is 10.6. The number of hydrogen-bond donors (Lipinski definition) is 0. The lowest BCUT2D eigenvalue weighted by Gasteiger charge is -2.28. The number of epoxide rings is 1. The van der Waals surface area contributed by atoms with E-state index in [2.05, 4.69) is 80.7 Å². The minimum absolute atomic E-state index is 0.0487. The number of nitrogens with zero attached hydrogens (tertiary/aromatic N) is 1. The van der Waals surface area contributed by atoms with Crippen molar-refractivity contribution in [3.63, 3.8) is 0 Å². The third-order valence-electron chi connectivity index (χ3n) is 9.13. The van der Waals surface area contributed by atoms with Gasteiger partial charge in [-0.2, -0.15) is 0 Å². The van der Waals surface area contributed by atoms with Crippen molar-refractivity contribution in [3.05, 3.63) is 72.9 Å². The molecule has 1 fully saturated rings. The van der Waals surface area contributed by atoms with E-state index >= 15 is 0 Å². The molecule has 1 rings (SSSR count). The minimum Gasteiger partial charge on any atom is -0.756 e. The van der Waals surface area contributed by atoms with Gasteiger partial charge in [-0.3, -0.25) is 14.2 Å². The minimum atomic E-state index is -4.65. The molecule has 4 atom stereocenters. The third kappa shape index (κ3) is 35.1. The van der Waals surface area contributed by atoms with E-state index in [1.54, 1.807) is 0 Å². The summed E-state index contributed by atoms with van der Waals surface area (Å²) in [5.74, 6) is -0.932. The van der Waals surface area contributed by atoms with Gasteiger partial charge in [0.15, 0.2) is 6.10 Å². The Labute approximate surface area is 346 Å². The molecule has 1 aliphatic rings. The molecule has 0 aromatic carbocycles. The molecule has 1 saturated heterocycles. The van der Waals surface area contributed by atoms with Crippen molar-refractivity contribution in [1.29, 1.82) is 0 Å². The van der Waals surface area contributed by atoms with E-state index in [-0.39, 0.29) is 26.1 Å². The predicted molar refractivity (Wildman–Crippen MR) is 230 cm³/mol. The zero-order valence-corrected chi connectivity index (χ0v) is 37.1. The van der Waals surface area contributed by atoms with Crippen molar-refractivity contribution < 1.29 is 46.8 Å². The first-order chi connectivity index (χ1) is 27.5. The van der Waals surface area contributed by atoms with Crippen molar-refractivity contribution in [2.24, 2.45) is 0 Å². The average molecular weight is 820 g/mol. The summed E-state index contributed by atoms with van der Waals surface area (Å²) >= 11 is 0. The summed E-state index contributed by atoms with van der Waals surface area (Å²) in [5.41, 5.74) is 0. The Morgan fingerprint density at radius 1 is 0.667 bits per heavy atom. The van der Waals surface area contributed by atoms with E-state index in [4.69, 9.17) is 23.3 Å². The number of unbranched alkanes of at least 4 members (excludes halogenated alkanes) is 8. The van der Waals surface area contributed by atoms with E-state index in [1.807, 2.05) is 27.2 Å². The van der Waals surface area contributed by atoms with Crippen LogP contribution in [-0.4, -0.2) is 82.2 Å². The highest BCUT2D eigenvalue weighted by molar-refractivity contribution is 7.45. The first kappa shape index (κ1) is 52.4. The van der Waals surface area contributed by atoms with E-state index in [9.17, 15) is 19.0 Å². The number of rotatable bonds is 37. The van der Waals surface area contributed by atoms with Gasteiger partial charge in [0, 0.05) is 12.8 Å². The van der Waals surface area contributed by atoms with Gasteiger partial charge in [-0.25, -0.2) is 0 Å². The maximum atomic E-state index is 12.7. The number of allylic oxidation sites excluding steroid dienone is 11. The Kier molecular flexibility index (Phi) is 31.5. The molecule has 0 aromatic rings. The zero-order valence-electron chi connectivity index (χ0n) is 36.2. The number of carbonyl (C=O) groups excluding carboxylic acids is 2. The highest BCUT2D eigenvalue weighted by Crippen LogP contribution is 2.38. The SMILES string of the molecule is CC/C=C\C/C=C\C/C=C\C/C=C\C/C=C\CCCC(=O)OC[C@H](COP(=O)([O-])OCC[N+](C)(C)C)OC(=O)CCCCCCC/C=C\CC1OC1CCCCC. The van der Waals surface area contributed by atoms with Crippen molar-refractivity contribution in [2.75, 3.05) is 47.5 Å². The topological polar surface area (TPSA) is 124 Å². The Morgan fingerprint density at radius 2 is 1.25 bits per heavy atom. The Hall–Kier alpha value is -2.59. The smallest absolute Gasteiger partial charge is 0.306 e. The molecule has 0 amide bonds. The molecule has 0 N–H and O–H groups in total. The van der Waals surface area contributed by atoms with Gasteiger partial charge in [-0.1, -0.05) is 125 Å². The highest BCUT2D eigenvalue weighted by Gasteiger charge is 2.36. The summed E-state index contributed by atoms with van der Waals surface area (Å²) in [7, 11) is 1.10. The van der Waals surface area contributed by atoms with Crippen LogP contribution in [0.2, 0.25) is 0 Å². The van der Waals surface area contributed by atoms with Crippen LogP contribution >= 0.6 is 7.82 Å². The van der Waals surface area contributed by atoms with Crippen LogP contribution < -0.4 is 4.89 Å². The number of hydrogen-bond acceptors (Lipinski definition) is 9. The molecule has 0 bridgehead atoms. The maximum Gasteiger partial charge on any atom is 0.306 e. The molecule has 10 nitrogen and oxygen atoms in total. The lowest BCUT2D eigenvalue weighted by Crippen LogP contribution is -2.37. The third-order valence-corrected chi connectivity index (χ3v) is 10.1. The van der Waals surface area contributed by atoms with Crippen molar-refractivity contribution >= 4 is 19.8 Å². The Morgan fingerprint density at radius 3 is 1.89 bits per heavy atom. The van der Waals surface area contributed by atoms with Crippen LogP contribution in [0.3, 0.4) is 0 Å². The first-order valence-electron chi connectivity index (χ1n) is 21.8. The molecule has 0 spiro atoms. The van der Waals surface area contributed by atoms with Crippen molar-refractivity contribution in [3.8, 4) is 0 Å². The second kappa shape index (κ2) is 34.3. The van der Waals surface area contributed by atoms with Gasteiger partial charge < -0.3 is 32.6 Å². The van der Waals surface area contributed by atoms with Crippen LogP contribution in [0.5, 0.6) is 0 Å². The normalized spacial score (nSPS) is 17.9. The molecule has 3 unspecified atom stereocenters. The van der Waals surface area contributed by atoms with Gasteiger partial charge in [0.2, 0.25) is 0 Å². The van der Waals surface area contributed by atoms with Gasteiger partial charge in [-0.15, -0.1) is 0 Å². The molecule has 1 aliphatic heterocycles. The number of quaternary nitrogens is 1. The molecule has 57 heavy (non-hydrogen) atoms. The van der Waals surface area contributed by atoms with E-state index < -0.39 is 32.5 Å². The quantitative estimate of drug-likeness (QED) is 0.0150. The second-order valence-corrected chi connectivity index (χ2v) is 17.1. The number of esters is 2. The molecule has 0 saturated carbocycles. The van der Waals surface area contributed by atoms with Crippen LogP contribution in [0.25, 0.3) is 0 Å². The Bertz CT molecular complexity index is 1270. The summed E-state index contributed by atoms with van der Waals surface area (Å²) in [6.45, 7) is 3.97. The molecule has 1 heterocycles. The van der Waals surface area contributed by atoms with Gasteiger partial charge in [0.05, 0.1) is 40.0 Å². The van der Waals surface area contributed by atoms with Gasteiger partial charge in [0.1, 0.15) is 19.8 Å². The molecule has 11 heteroatoms. The van der Waals surface area contributed by atoms with Gasteiger partial charge >= 0.3 is 11.9 Å². The van der Waals surface area contributed by atoms with E-state index in [0.717, 1.165) is 77.0 Å². The number of phosphoric acid groups is 1. The molecule has 0 radical (unpaired) electrons. The molecule has 326 valence electrons. The van der Waals surface area contributed by atoms with Crippen LogP contribution in [0.15, 0.2) is 72.9 Å². The molecule has 0 aromatic heterocycles. The van der Waals surface area contributed by atoms with Gasteiger partial charge in [-0.05, 0) is 77.0 Å². The monoisotopic (exact) mass is 820 g/mol. The highest BCUT2D eigenvalue weighted by atomic mass is 31.2. The number of ether oxygens (including phenoxy) is 3. The van der Waals surface area contributed by atoms with Crippen LogP contribution in [0.4, 0.5) is 0 Å². The average Bonchev–Trinajstić information content (AvgIpc) is 3.91. The Balaban J connectivity index is 2.34. The first-order valence-corrected chi connectivity index (χ1v) is 23.2. The standard InChI is InChI=1S/C46H78NO9P/c1-6-8-10-11-12-13-14-15-16-17-18-19-20-21-25-28-32-36-45(48)52-40-42(41-54-57(50,51)53-39-38-47(3,4)5)55-46(49)37-33-29-26-23-22-24-27-31-35-44-43(56-44)34-30-9-7-2/h8,10,12-13,15-16,18-19,21,25,27,31,42-44H,6-7,9,11,14,17,20,22-24,26,28-30,32-41H2,1-5H3/b10-8-,13-12-,16-15-,19-18-,25-21-,31-27-/t42-,43?,44?/m1/s1. The fourth-order valence-electron chi connectivity index (χ4n) is 5.64. The lowest BCUT2D eigenvalue weighted by molar-refractivity contribution is -0.870. The van der Waals surface area contributed by atoms with E-state index in [1.165, 1.54) is 25.7 Å². The maximum absolute atomic E-state index is 12.7. The molecule has 0 aliphatic carbocycles. The summed E-state index contributed by atoms with van der Waals surface area (Å²) in [6, 6.07) is 0. The van der Waals surface area contributed by atoms with Crippen molar-refractivity contribution in [1.82, 2.24) is 0 Å². The largest absolute Gasteiger partial charge is 0.756 e. The summed E-state index contributed by atoms with van der Waals surface area (Å²) in [4.78, 5) is 37.5. The lowest BCUT2D eigenvalue weighted by atomic mass is 10.1. The number of likely N-dealkylation sites (N-methyl/N-ethyl adjacent to an activating group) is 1. The van der Waals surface area contributed by atoms with Crippen LogP contribution in [-0.2, 0) is 37.4 Å². The fraction of sp³-hybridized carbons (Fsp3) is 0.696. The second-order valence-electron chi connectivity index (χ2n) is 15.7. The molecular weight excluding hydrogens is 741 g/mol. The summed E-state index contributed by atoms with van der Waals surface area (Å²) < 4.78 is 39.6. The van der Waals surface area contributed by atoms with E-state index in [0.29, 0.717) is 36.1 Å². The van der Waals surface area contributed by atoms with Crippen LogP contribution in [0.1, 0.15) is 142 Å². The molecular formula is C46H78NO9P. The van der Waals surface area contributed by atoms with Crippen LogP contribution in [0, 0.1) is 0 Å².